The Morgan fingerprint density at radius 1 is 1.29 bits per heavy atom. The molecule has 0 heterocycles. The second-order valence-electron chi connectivity index (χ2n) is 3.74. The molecule has 1 aromatic carbocycles. The summed E-state index contributed by atoms with van der Waals surface area (Å²) in [4.78, 5) is 21.4. The zero-order valence-electron chi connectivity index (χ0n) is 9.21. The molecule has 0 fully saturated rings. The smallest absolute Gasteiger partial charge is 0.335 e. The number of hydrogen-bond donors (Lipinski definition) is 1. The van der Waals surface area contributed by atoms with E-state index >= 15 is 0 Å². The van der Waals surface area contributed by atoms with Gasteiger partial charge in [0.15, 0.2) is 9.84 Å². The number of benzene rings is 1. The molecule has 0 unspecified atom stereocenters. The molecule has 0 saturated carbocycles. The van der Waals surface area contributed by atoms with Crippen LogP contribution in [-0.4, -0.2) is 31.0 Å². The van der Waals surface area contributed by atoms with Gasteiger partial charge in [0.05, 0.1) is 11.3 Å². The Balaban J connectivity index is 2.92. The molecule has 0 spiro atoms. The molecule has 17 heavy (non-hydrogen) atoms. The van der Waals surface area contributed by atoms with E-state index in [0.29, 0.717) is 5.56 Å². The number of carbonyl (C=O) groups is 2. The third-order valence-electron chi connectivity index (χ3n) is 1.98. The summed E-state index contributed by atoms with van der Waals surface area (Å²) in [5.74, 6) is -2.40. The molecule has 0 atom stereocenters. The van der Waals surface area contributed by atoms with Crippen LogP contribution in [0.25, 0.3) is 0 Å². The second-order valence-corrected chi connectivity index (χ2v) is 5.80. The third kappa shape index (κ3) is 4.36. The van der Waals surface area contributed by atoms with E-state index in [9.17, 15) is 18.0 Å². The molecule has 0 amide bonds. The van der Waals surface area contributed by atoms with Crippen LogP contribution in [-0.2, 0) is 20.4 Å². The lowest BCUT2D eigenvalue weighted by Crippen LogP contribution is -2.15. The Hall–Kier alpha value is -1.69. The summed E-state index contributed by atoms with van der Waals surface area (Å²) in [6.07, 6.45) is 0. The predicted molar refractivity (Wildman–Crippen MR) is 61.6 cm³/mol. The van der Waals surface area contributed by atoms with Crippen LogP contribution < -0.4 is 0 Å². The molecule has 6 heteroatoms. The zero-order valence-corrected chi connectivity index (χ0v) is 10.0. The van der Waals surface area contributed by atoms with Crippen molar-refractivity contribution in [2.45, 2.75) is 12.7 Å². The van der Waals surface area contributed by atoms with Crippen molar-refractivity contribution in [1.82, 2.24) is 0 Å². The first-order valence-electron chi connectivity index (χ1n) is 4.82. The summed E-state index contributed by atoms with van der Waals surface area (Å²) in [5, 5.41) is 8.75. The standard InChI is InChI=1S/C11H12O5S/c1-8(12)6-17(15,16)7-9-3-2-4-10(5-9)11(13)14/h2-5H,6-7H2,1H3,(H,13,14). The van der Waals surface area contributed by atoms with Crippen LogP contribution in [0.1, 0.15) is 22.8 Å². The summed E-state index contributed by atoms with van der Waals surface area (Å²) < 4.78 is 23.0. The zero-order chi connectivity index (χ0) is 13.1. The minimum absolute atomic E-state index is 0.0283. The lowest BCUT2D eigenvalue weighted by molar-refractivity contribution is -0.114. The van der Waals surface area contributed by atoms with Crippen LogP contribution in [0.3, 0.4) is 0 Å². The maximum Gasteiger partial charge on any atom is 0.335 e. The van der Waals surface area contributed by atoms with Gasteiger partial charge in [-0.05, 0) is 24.6 Å². The third-order valence-corrected chi connectivity index (χ3v) is 3.60. The number of carboxylic acids is 1. The fourth-order valence-electron chi connectivity index (χ4n) is 1.41. The molecule has 0 aliphatic heterocycles. The quantitative estimate of drug-likeness (QED) is 0.845. The Kier molecular flexibility index (Phi) is 4.01. The lowest BCUT2D eigenvalue weighted by Gasteiger charge is -2.03. The van der Waals surface area contributed by atoms with Crippen molar-refractivity contribution in [3.05, 3.63) is 35.4 Å². The van der Waals surface area contributed by atoms with Crippen molar-refractivity contribution < 1.29 is 23.1 Å². The molecule has 1 rings (SSSR count). The fourth-order valence-corrected chi connectivity index (χ4v) is 2.82. The minimum atomic E-state index is -3.52. The molecule has 92 valence electrons. The normalized spacial score (nSPS) is 11.1. The summed E-state index contributed by atoms with van der Waals surface area (Å²) in [6.45, 7) is 1.20. The number of rotatable bonds is 5. The monoisotopic (exact) mass is 256 g/mol. The van der Waals surface area contributed by atoms with Gasteiger partial charge in [-0.25, -0.2) is 13.2 Å². The highest BCUT2D eigenvalue weighted by atomic mass is 32.2. The summed E-state index contributed by atoms with van der Waals surface area (Å²) in [6, 6.07) is 5.66. The molecule has 0 radical (unpaired) electrons. The molecular formula is C11H12O5S. The summed E-state index contributed by atoms with van der Waals surface area (Å²) >= 11 is 0. The molecule has 0 aliphatic carbocycles. The molecule has 0 bridgehead atoms. The van der Waals surface area contributed by atoms with Crippen LogP contribution in [0.5, 0.6) is 0 Å². The van der Waals surface area contributed by atoms with E-state index in [-0.39, 0.29) is 11.3 Å². The molecule has 1 aromatic rings. The Morgan fingerprint density at radius 2 is 1.94 bits per heavy atom. The number of aromatic carboxylic acids is 1. The van der Waals surface area contributed by atoms with E-state index in [2.05, 4.69) is 0 Å². The molecule has 5 nitrogen and oxygen atoms in total. The maximum absolute atomic E-state index is 11.5. The first-order chi connectivity index (χ1) is 7.80. The first-order valence-corrected chi connectivity index (χ1v) is 6.64. The van der Waals surface area contributed by atoms with Crippen molar-refractivity contribution in [2.75, 3.05) is 5.75 Å². The SMILES string of the molecule is CC(=O)CS(=O)(=O)Cc1cccc(C(=O)O)c1. The van der Waals surface area contributed by atoms with Crippen LogP contribution in [0, 0.1) is 0 Å². The largest absolute Gasteiger partial charge is 0.478 e. The van der Waals surface area contributed by atoms with E-state index in [1.54, 1.807) is 0 Å². The van der Waals surface area contributed by atoms with Crippen molar-refractivity contribution in [3.8, 4) is 0 Å². The van der Waals surface area contributed by atoms with Crippen LogP contribution in [0.15, 0.2) is 24.3 Å². The van der Waals surface area contributed by atoms with Gasteiger partial charge in [0.25, 0.3) is 0 Å². The predicted octanol–water partition coefficient (Wildman–Crippen LogP) is 0.889. The van der Waals surface area contributed by atoms with Crippen LogP contribution in [0.2, 0.25) is 0 Å². The highest BCUT2D eigenvalue weighted by Gasteiger charge is 2.15. The molecule has 1 N–H and O–H groups in total. The Labute approximate surface area is 99.0 Å². The van der Waals surface area contributed by atoms with Gasteiger partial charge >= 0.3 is 5.97 Å². The van der Waals surface area contributed by atoms with Crippen molar-refractivity contribution >= 4 is 21.6 Å². The summed E-state index contributed by atoms with van der Waals surface area (Å²) in [7, 11) is -3.52. The van der Waals surface area contributed by atoms with E-state index in [4.69, 9.17) is 5.11 Å². The maximum atomic E-state index is 11.5. The van der Waals surface area contributed by atoms with Gasteiger partial charge in [-0.3, -0.25) is 4.79 Å². The second kappa shape index (κ2) is 5.09. The van der Waals surface area contributed by atoms with Gasteiger partial charge in [0, 0.05) is 0 Å². The summed E-state index contributed by atoms with van der Waals surface area (Å²) in [5.41, 5.74) is 0.395. The molecule has 0 aliphatic rings. The number of carbonyl (C=O) groups excluding carboxylic acids is 1. The molecule has 0 saturated heterocycles. The highest BCUT2D eigenvalue weighted by molar-refractivity contribution is 7.91. The average molecular weight is 256 g/mol. The highest BCUT2D eigenvalue weighted by Crippen LogP contribution is 2.10. The van der Waals surface area contributed by atoms with E-state index in [1.807, 2.05) is 0 Å². The Bertz CT molecular complexity index is 545. The number of Topliss-reactive ketones (excluding diaryl/α,β-unsaturated/α-hetero) is 1. The molecular weight excluding hydrogens is 244 g/mol. The van der Waals surface area contributed by atoms with Gasteiger partial charge in [-0.1, -0.05) is 12.1 Å². The number of hydrogen-bond acceptors (Lipinski definition) is 4. The van der Waals surface area contributed by atoms with E-state index in [1.165, 1.54) is 31.2 Å². The topological polar surface area (TPSA) is 88.5 Å². The fraction of sp³-hybridized carbons (Fsp3) is 0.273. The first kappa shape index (κ1) is 13.4. The van der Waals surface area contributed by atoms with Crippen molar-refractivity contribution in [3.63, 3.8) is 0 Å². The number of ketones is 1. The van der Waals surface area contributed by atoms with Gasteiger partial charge in [-0.15, -0.1) is 0 Å². The minimum Gasteiger partial charge on any atom is -0.478 e. The van der Waals surface area contributed by atoms with Crippen LogP contribution >= 0.6 is 0 Å². The lowest BCUT2D eigenvalue weighted by atomic mass is 10.1. The van der Waals surface area contributed by atoms with Gasteiger partial charge < -0.3 is 5.11 Å². The van der Waals surface area contributed by atoms with Gasteiger partial charge in [0.1, 0.15) is 11.5 Å². The Morgan fingerprint density at radius 3 is 2.47 bits per heavy atom. The van der Waals surface area contributed by atoms with Crippen molar-refractivity contribution in [2.24, 2.45) is 0 Å². The molecule has 0 aromatic heterocycles. The number of sulfone groups is 1. The van der Waals surface area contributed by atoms with E-state index < -0.39 is 27.3 Å². The van der Waals surface area contributed by atoms with E-state index in [0.717, 1.165) is 0 Å². The van der Waals surface area contributed by atoms with Crippen molar-refractivity contribution in [1.29, 1.82) is 0 Å². The average Bonchev–Trinajstić information content (AvgIpc) is 2.14. The van der Waals surface area contributed by atoms with Gasteiger partial charge in [0.2, 0.25) is 0 Å². The number of carboxylic acid groups (broad SMARTS) is 1. The van der Waals surface area contributed by atoms with Gasteiger partial charge in [-0.2, -0.15) is 0 Å². The van der Waals surface area contributed by atoms with Crippen LogP contribution in [0.4, 0.5) is 0 Å².